The molecule has 0 bridgehead atoms. The number of rotatable bonds is 7. The van der Waals surface area contributed by atoms with Gasteiger partial charge in [0, 0.05) is 36.5 Å². The molecule has 0 atom stereocenters. The molecule has 1 aromatic carbocycles. The zero-order valence-corrected chi connectivity index (χ0v) is 17.0. The monoisotopic (exact) mass is 386 g/mol. The van der Waals surface area contributed by atoms with Gasteiger partial charge in [-0.2, -0.15) is 0 Å². The standard InChI is InChI=1S/C22H30N2O4/c1-4-23-14-16-9-11-24(12-10-16)21(25)8-7-19-15(2)18-6-5-17(27-3)13-20(18)28-22(19)26/h5-6,13,16,23H,4,7-12,14H2,1-3H3. The van der Waals surface area contributed by atoms with Gasteiger partial charge in [-0.25, -0.2) is 4.79 Å². The zero-order valence-electron chi connectivity index (χ0n) is 17.0. The molecule has 152 valence electrons. The molecule has 6 nitrogen and oxygen atoms in total. The van der Waals surface area contributed by atoms with E-state index >= 15 is 0 Å². The normalized spacial score (nSPS) is 15.2. The third-order valence-corrected chi connectivity index (χ3v) is 5.73. The Labute approximate surface area is 165 Å². The molecule has 28 heavy (non-hydrogen) atoms. The van der Waals surface area contributed by atoms with E-state index in [9.17, 15) is 9.59 Å². The molecule has 0 unspecified atom stereocenters. The number of benzene rings is 1. The number of likely N-dealkylation sites (tertiary alicyclic amines) is 1. The van der Waals surface area contributed by atoms with Crippen molar-refractivity contribution in [2.75, 3.05) is 33.3 Å². The molecule has 1 N–H and O–H groups in total. The summed E-state index contributed by atoms with van der Waals surface area (Å²) in [6.07, 6.45) is 2.83. The molecule has 2 aromatic rings. The fourth-order valence-electron chi connectivity index (χ4n) is 3.92. The zero-order chi connectivity index (χ0) is 20.1. The molecular weight excluding hydrogens is 356 g/mol. The van der Waals surface area contributed by atoms with Crippen molar-refractivity contribution < 1.29 is 13.9 Å². The highest BCUT2D eigenvalue weighted by Gasteiger charge is 2.23. The van der Waals surface area contributed by atoms with Crippen molar-refractivity contribution in [1.29, 1.82) is 0 Å². The Balaban J connectivity index is 1.64. The summed E-state index contributed by atoms with van der Waals surface area (Å²) >= 11 is 0. The van der Waals surface area contributed by atoms with E-state index in [1.54, 1.807) is 13.2 Å². The Morgan fingerprint density at radius 3 is 2.75 bits per heavy atom. The smallest absolute Gasteiger partial charge is 0.339 e. The van der Waals surface area contributed by atoms with Crippen molar-refractivity contribution in [1.82, 2.24) is 10.2 Å². The summed E-state index contributed by atoms with van der Waals surface area (Å²) in [7, 11) is 1.58. The van der Waals surface area contributed by atoms with E-state index in [2.05, 4.69) is 12.2 Å². The van der Waals surface area contributed by atoms with E-state index in [0.717, 1.165) is 50.0 Å². The minimum Gasteiger partial charge on any atom is -0.497 e. The topological polar surface area (TPSA) is 71.8 Å². The van der Waals surface area contributed by atoms with Crippen LogP contribution in [0.5, 0.6) is 5.75 Å². The molecule has 1 aromatic heterocycles. The maximum absolute atomic E-state index is 12.6. The molecule has 1 aliphatic heterocycles. The molecule has 0 spiro atoms. The van der Waals surface area contributed by atoms with Gasteiger partial charge in [0.25, 0.3) is 0 Å². The Bertz CT molecular complexity index is 882. The summed E-state index contributed by atoms with van der Waals surface area (Å²) in [5.74, 6) is 1.42. The van der Waals surface area contributed by atoms with Crippen LogP contribution in [0.1, 0.15) is 37.3 Å². The molecule has 1 amide bonds. The molecule has 2 heterocycles. The number of ether oxygens (including phenoxy) is 1. The van der Waals surface area contributed by atoms with Gasteiger partial charge in [-0.1, -0.05) is 6.92 Å². The molecule has 6 heteroatoms. The van der Waals surface area contributed by atoms with Crippen LogP contribution in [0, 0.1) is 12.8 Å². The number of nitrogens with one attached hydrogen (secondary N) is 1. The number of amides is 1. The number of hydrogen-bond acceptors (Lipinski definition) is 5. The Morgan fingerprint density at radius 1 is 1.32 bits per heavy atom. The number of methoxy groups -OCH3 is 1. The highest BCUT2D eigenvalue weighted by Crippen LogP contribution is 2.25. The number of aryl methyl sites for hydroxylation is 1. The summed E-state index contributed by atoms with van der Waals surface area (Å²) in [5.41, 5.74) is 1.62. The van der Waals surface area contributed by atoms with Crippen LogP contribution in [0.2, 0.25) is 0 Å². The third-order valence-electron chi connectivity index (χ3n) is 5.73. The van der Waals surface area contributed by atoms with Crippen LogP contribution in [0.3, 0.4) is 0 Å². The van der Waals surface area contributed by atoms with Crippen LogP contribution in [0.4, 0.5) is 0 Å². The third kappa shape index (κ3) is 4.55. The highest BCUT2D eigenvalue weighted by atomic mass is 16.5. The van der Waals surface area contributed by atoms with Crippen molar-refractivity contribution in [3.05, 3.63) is 39.7 Å². The fraction of sp³-hybridized carbons (Fsp3) is 0.545. The van der Waals surface area contributed by atoms with E-state index < -0.39 is 0 Å². The van der Waals surface area contributed by atoms with E-state index in [1.807, 2.05) is 24.0 Å². The lowest BCUT2D eigenvalue weighted by molar-refractivity contribution is -0.132. The van der Waals surface area contributed by atoms with Crippen LogP contribution in [0.15, 0.2) is 27.4 Å². The van der Waals surface area contributed by atoms with Crippen molar-refractivity contribution in [2.24, 2.45) is 5.92 Å². The second-order valence-electron chi connectivity index (χ2n) is 7.49. The van der Waals surface area contributed by atoms with Gasteiger partial charge in [-0.3, -0.25) is 4.79 Å². The van der Waals surface area contributed by atoms with Gasteiger partial charge in [-0.15, -0.1) is 0 Å². The second kappa shape index (κ2) is 9.24. The average molecular weight is 386 g/mol. The maximum Gasteiger partial charge on any atom is 0.339 e. The lowest BCUT2D eigenvalue weighted by Gasteiger charge is -2.32. The number of nitrogens with zero attached hydrogens (tertiary/aromatic N) is 1. The van der Waals surface area contributed by atoms with Gasteiger partial charge in [-0.05, 0) is 62.9 Å². The molecule has 0 aliphatic carbocycles. The lowest BCUT2D eigenvalue weighted by Crippen LogP contribution is -2.41. The van der Waals surface area contributed by atoms with Crippen molar-refractivity contribution in [3.63, 3.8) is 0 Å². The maximum atomic E-state index is 12.6. The first-order chi connectivity index (χ1) is 13.5. The molecule has 0 saturated carbocycles. The predicted octanol–water partition coefficient (Wildman–Crippen LogP) is 2.89. The summed E-state index contributed by atoms with van der Waals surface area (Å²) in [6.45, 7) is 7.65. The van der Waals surface area contributed by atoms with Crippen LogP contribution >= 0.6 is 0 Å². The van der Waals surface area contributed by atoms with E-state index in [1.165, 1.54) is 0 Å². The summed E-state index contributed by atoms with van der Waals surface area (Å²) < 4.78 is 10.7. The molecule has 1 saturated heterocycles. The minimum atomic E-state index is -0.365. The first kappa shape index (κ1) is 20.4. The Kier molecular flexibility index (Phi) is 6.73. The lowest BCUT2D eigenvalue weighted by atomic mass is 9.96. The summed E-state index contributed by atoms with van der Waals surface area (Å²) in [5, 5.41) is 4.27. The van der Waals surface area contributed by atoms with Crippen LogP contribution < -0.4 is 15.7 Å². The van der Waals surface area contributed by atoms with E-state index in [0.29, 0.717) is 35.7 Å². The quantitative estimate of drug-likeness (QED) is 0.741. The number of piperidine rings is 1. The van der Waals surface area contributed by atoms with E-state index in [-0.39, 0.29) is 11.5 Å². The van der Waals surface area contributed by atoms with Crippen molar-refractivity contribution >= 4 is 16.9 Å². The van der Waals surface area contributed by atoms with Gasteiger partial charge < -0.3 is 19.4 Å². The van der Waals surface area contributed by atoms with Gasteiger partial charge in [0.05, 0.1) is 7.11 Å². The largest absolute Gasteiger partial charge is 0.497 e. The van der Waals surface area contributed by atoms with Crippen LogP contribution in [-0.2, 0) is 11.2 Å². The van der Waals surface area contributed by atoms with Crippen molar-refractivity contribution in [2.45, 2.75) is 39.5 Å². The summed E-state index contributed by atoms with van der Waals surface area (Å²) in [4.78, 5) is 27.0. The minimum absolute atomic E-state index is 0.121. The SMILES string of the molecule is CCNCC1CCN(C(=O)CCc2c(C)c3ccc(OC)cc3oc2=O)CC1. The summed E-state index contributed by atoms with van der Waals surface area (Å²) in [6, 6.07) is 5.46. The van der Waals surface area contributed by atoms with Crippen molar-refractivity contribution in [3.8, 4) is 5.75 Å². The number of fused-ring (bicyclic) bond motifs is 1. The second-order valence-corrected chi connectivity index (χ2v) is 7.49. The number of carbonyl (C=O) groups excluding carboxylic acids is 1. The van der Waals surface area contributed by atoms with E-state index in [4.69, 9.17) is 9.15 Å². The Hall–Kier alpha value is -2.34. The van der Waals surface area contributed by atoms with Gasteiger partial charge in [0.15, 0.2) is 0 Å². The average Bonchev–Trinajstić information content (AvgIpc) is 2.71. The number of hydrogen-bond donors (Lipinski definition) is 1. The Morgan fingerprint density at radius 2 is 2.07 bits per heavy atom. The molecule has 1 aliphatic rings. The highest BCUT2D eigenvalue weighted by molar-refractivity contribution is 5.82. The molecule has 3 rings (SSSR count). The van der Waals surface area contributed by atoms with Gasteiger partial charge in [0.2, 0.25) is 5.91 Å². The van der Waals surface area contributed by atoms with Crippen LogP contribution in [0.25, 0.3) is 11.0 Å². The van der Waals surface area contributed by atoms with Crippen LogP contribution in [-0.4, -0.2) is 44.1 Å². The first-order valence-corrected chi connectivity index (χ1v) is 10.1. The first-order valence-electron chi connectivity index (χ1n) is 10.1. The molecular formula is C22H30N2O4. The fourth-order valence-corrected chi connectivity index (χ4v) is 3.92. The van der Waals surface area contributed by atoms with Gasteiger partial charge in [0.1, 0.15) is 11.3 Å². The molecule has 1 fully saturated rings. The van der Waals surface area contributed by atoms with Gasteiger partial charge >= 0.3 is 5.63 Å². The number of carbonyl (C=O) groups is 1. The molecule has 0 radical (unpaired) electrons. The predicted molar refractivity (Wildman–Crippen MR) is 110 cm³/mol.